The summed E-state index contributed by atoms with van der Waals surface area (Å²) in [7, 11) is -4.06. The minimum atomic E-state index is -4.06. The Morgan fingerprint density at radius 2 is 1.88 bits per heavy atom. The van der Waals surface area contributed by atoms with Gasteiger partial charge in [0, 0.05) is 10.6 Å². The number of amides is 2. The average molecular weight is 401 g/mol. The molecule has 0 saturated carbocycles. The van der Waals surface area contributed by atoms with Gasteiger partial charge in [-0.25, -0.2) is 22.3 Å². The quantitative estimate of drug-likeness (QED) is 0.775. The molecule has 26 heavy (non-hydrogen) atoms. The lowest BCUT2D eigenvalue weighted by Crippen LogP contribution is -2.40. The Morgan fingerprint density at radius 3 is 2.50 bits per heavy atom. The lowest BCUT2D eigenvalue weighted by atomic mass is 10.1. The number of hydrogen-bond acceptors (Lipinski definition) is 4. The summed E-state index contributed by atoms with van der Waals surface area (Å²) in [5.41, 5.74) is 0.394. The fourth-order valence-corrected chi connectivity index (χ4v) is 3.28. The summed E-state index contributed by atoms with van der Waals surface area (Å²) < 4.78 is 45.2. The molecule has 0 heterocycles. The number of rotatable bonds is 6. The van der Waals surface area contributed by atoms with Crippen LogP contribution in [-0.4, -0.2) is 21.1 Å². The van der Waals surface area contributed by atoms with E-state index in [1.165, 1.54) is 42.5 Å². The molecule has 1 atom stereocenters. The molecule has 6 nitrogen and oxygen atoms in total. The van der Waals surface area contributed by atoms with Crippen LogP contribution in [0, 0.1) is 5.82 Å². The van der Waals surface area contributed by atoms with E-state index in [1.807, 2.05) is 4.72 Å². The highest BCUT2D eigenvalue weighted by atomic mass is 35.5. The van der Waals surface area contributed by atoms with Gasteiger partial charge in [-0.1, -0.05) is 11.6 Å². The zero-order valence-electron chi connectivity index (χ0n) is 14.1. The molecular formula is C17H18ClFN2O4S. The first-order chi connectivity index (χ1) is 12.2. The summed E-state index contributed by atoms with van der Waals surface area (Å²) in [6.45, 7) is 3.73. The maximum Gasteiger partial charge on any atom is 0.329 e. The molecule has 0 aliphatic heterocycles. The Bertz CT molecular complexity index is 888. The van der Waals surface area contributed by atoms with Crippen LogP contribution < -0.4 is 14.8 Å². The highest BCUT2D eigenvalue weighted by Crippen LogP contribution is 2.26. The highest BCUT2D eigenvalue weighted by Gasteiger charge is 2.20. The molecule has 2 rings (SSSR count). The van der Waals surface area contributed by atoms with Gasteiger partial charge in [-0.05, 0) is 56.3 Å². The van der Waals surface area contributed by atoms with E-state index in [4.69, 9.17) is 16.3 Å². The fraction of sp³-hybridized carbons (Fsp3) is 0.235. The third-order valence-corrected chi connectivity index (χ3v) is 5.04. The molecule has 0 saturated heterocycles. The maximum atomic E-state index is 13.5. The molecule has 0 spiro atoms. The monoisotopic (exact) mass is 400 g/mol. The Kier molecular flexibility index (Phi) is 6.44. The second-order valence-electron chi connectivity index (χ2n) is 5.37. The van der Waals surface area contributed by atoms with Gasteiger partial charge in [-0.3, -0.25) is 0 Å². The van der Waals surface area contributed by atoms with Crippen LogP contribution in [0.3, 0.4) is 0 Å². The van der Waals surface area contributed by atoms with Crippen LogP contribution in [0.5, 0.6) is 5.75 Å². The molecule has 9 heteroatoms. The molecule has 2 amide bonds. The van der Waals surface area contributed by atoms with E-state index >= 15 is 0 Å². The highest BCUT2D eigenvalue weighted by molar-refractivity contribution is 7.90. The standard InChI is InChI=1S/C17H18ClFN2O4S/c1-3-25-16-9-6-13(19)10-15(16)11(2)20-17(22)21-26(23,24)14-7-4-12(18)5-8-14/h4-11H,3H2,1-2H3,(H2,20,21,22). The summed E-state index contributed by atoms with van der Waals surface area (Å²) >= 11 is 5.72. The lowest BCUT2D eigenvalue weighted by molar-refractivity contribution is 0.242. The van der Waals surface area contributed by atoms with Gasteiger partial charge >= 0.3 is 6.03 Å². The summed E-state index contributed by atoms with van der Waals surface area (Å²) in [6.07, 6.45) is 0. The average Bonchev–Trinajstić information content (AvgIpc) is 2.56. The van der Waals surface area contributed by atoms with Gasteiger partial charge in [0.1, 0.15) is 11.6 Å². The van der Waals surface area contributed by atoms with Crippen LogP contribution in [0.2, 0.25) is 5.02 Å². The Hall–Kier alpha value is -2.32. The van der Waals surface area contributed by atoms with Crippen molar-refractivity contribution < 1.29 is 22.3 Å². The second kappa shape index (κ2) is 8.37. The normalized spacial score (nSPS) is 12.3. The first-order valence-corrected chi connectivity index (χ1v) is 9.60. The molecule has 0 radical (unpaired) electrons. The minimum Gasteiger partial charge on any atom is -0.494 e. The van der Waals surface area contributed by atoms with Crippen molar-refractivity contribution in [2.24, 2.45) is 0 Å². The van der Waals surface area contributed by atoms with Crippen LogP contribution in [0.25, 0.3) is 0 Å². The zero-order chi connectivity index (χ0) is 19.3. The molecule has 0 aromatic heterocycles. The van der Waals surface area contributed by atoms with Crippen molar-refractivity contribution in [1.82, 2.24) is 10.0 Å². The number of halogens is 2. The second-order valence-corrected chi connectivity index (χ2v) is 7.49. The van der Waals surface area contributed by atoms with Gasteiger partial charge in [0.25, 0.3) is 10.0 Å². The third kappa shape index (κ3) is 5.09. The Labute approximate surface area is 156 Å². The first-order valence-electron chi connectivity index (χ1n) is 7.74. The number of nitrogens with one attached hydrogen (secondary N) is 2. The van der Waals surface area contributed by atoms with E-state index in [0.717, 1.165) is 0 Å². The van der Waals surface area contributed by atoms with Gasteiger partial charge in [-0.2, -0.15) is 0 Å². The summed E-state index contributed by atoms with van der Waals surface area (Å²) in [5, 5.41) is 2.83. The number of carbonyl (C=O) groups excluding carboxylic acids is 1. The summed E-state index contributed by atoms with van der Waals surface area (Å²) in [4.78, 5) is 12.0. The molecule has 140 valence electrons. The number of hydrogen-bond donors (Lipinski definition) is 2. The van der Waals surface area contributed by atoms with Crippen LogP contribution in [0.4, 0.5) is 9.18 Å². The van der Waals surface area contributed by atoms with E-state index in [0.29, 0.717) is 22.9 Å². The van der Waals surface area contributed by atoms with Gasteiger partial charge in [-0.15, -0.1) is 0 Å². The zero-order valence-corrected chi connectivity index (χ0v) is 15.7. The number of ether oxygens (including phenoxy) is 1. The predicted molar refractivity (Wildman–Crippen MR) is 96.3 cm³/mol. The van der Waals surface area contributed by atoms with Crippen molar-refractivity contribution in [3.63, 3.8) is 0 Å². The van der Waals surface area contributed by atoms with Crippen molar-refractivity contribution in [3.8, 4) is 5.75 Å². The Balaban J connectivity index is 2.12. The van der Waals surface area contributed by atoms with Gasteiger partial charge in [0.2, 0.25) is 0 Å². The molecule has 0 aliphatic carbocycles. The van der Waals surface area contributed by atoms with Crippen LogP contribution in [0.1, 0.15) is 25.5 Å². The van der Waals surface area contributed by atoms with Crippen molar-refractivity contribution in [2.75, 3.05) is 6.61 Å². The van der Waals surface area contributed by atoms with Crippen molar-refractivity contribution in [2.45, 2.75) is 24.8 Å². The largest absolute Gasteiger partial charge is 0.494 e. The minimum absolute atomic E-state index is 0.106. The van der Waals surface area contributed by atoms with E-state index in [-0.39, 0.29) is 4.90 Å². The number of urea groups is 1. The molecule has 0 fully saturated rings. The van der Waals surface area contributed by atoms with Crippen LogP contribution >= 0.6 is 11.6 Å². The smallest absolute Gasteiger partial charge is 0.329 e. The lowest BCUT2D eigenvalue weighted by Gasteiger charge is -2.18. The summed E-state index contributed by atoms with van der Waals surface area (Å²) in [5.74, 6) is -0.0893. The molecular weight excluding hydrogens is 383 g/mol. The van der Waals surface area contributed by atoms with E-state index < -0.39 is 27.9 Å². The maximum absolute atomic E-state index is 13.5. The van der Waals surface area contributed by atoms with E-state index in [1.54, 1.807) is 13.8 Å². The van der Waals surface area contributed by atoms with Crippen molar-refractivity contribution in [3.05, 3.63) is 58.9 Å². The predicted octanol–water partition coefficient (Wildman–Crippen LogP) is 3.63. The van der Waals surface area contributed by atoms with Crippen molar-refractivity contribution in [1.29, 1.82) is 0 Å². The van der Waals surface area contributed by atoms with Gasteiger partial charge < -0.3 is 10.1 Å². The van der Waals surface area contributed by atoms with Gasteiger partial charge in [0.05, 0.1) is 17.5 Å². The molecule has 1 unspecified atom stereocenters. The SMILES string of the molecule is CCOc1ccc(F)cc1C(C)NC(=O)NS(=O)(=O)c1ccc(Cl)cc1. The molecule has 2 N–H and O–H groups in total. The molecule has 0 aliphatic rings. The molecule has 0 bridgehead atoms. The third-order valence-electron chi connectivity index (χ3n) is 3.44. The van der Waals surface area contributed by atoms with Crippen LogP contribution in [-0.2, 0) is 10.0 Å². The number of sulfonamides is 1. The Morgan fingerprint density at radius 1 is 1.23 bits per heavy atom. The fourth-order valence-electron chi connectivity index (χ4n) is 2.24. The summed E-state index contributed by atoms with van der Waals surface area (Å²) in [6, 6.07) is 7.65. The molecule has 2 aromatic carbocycles. The van der Waals surface area contributed by atoms with E-state index in [9.17, 15) is 17.6 Å². The van der Waals surface area contributed by atoms with Gasteiger partial charge in [0.15, 0.2) is 0 Å². The van der Waals surface area contributed by atoms with E-state index in [2.05, 4.69) is 5.32 Å². The van der Waals surface area contributed by atoms with Crippen molar-refractivity contribution >= 4 is 27.7 Å². The first kappa shape index (κ1) is 20.0. The number of benzene rings is 2. The number of carbonyl (C=O) groups is 1. The molecule has 2 aromatic rings. The van der Waals surface area contributed by atoms with Crippen LogP contribution in [0.15, 0.2) is 47.4 Å². The topological polar surface area (TPSA) is 84.5 Å².